The van der Waals surface area contributed by atoms with Gasteiger partial charge in [0.1, 0.15) is 5.75 Å². The molecule has 3 aromatic rings. The van der Waals surface area contributed by atoms with E-state index in [0.29, 0.717) is 25.4 Å². The van der Waals surface area contributed by atoms with E-state index in [2.05, 4.69) is 11.8 Å². The molecule has 0 aromatic heterocycles. The Labute approximate surface area is 219 Å². The van der Waals surface area contributed by atoms with E-state index in [9.17, 15) is 15.0 Å². The largest absolute Gasteiger partial charge is 0.482 e. The number of rotatable bonds is 13. The number of benzene rings is 3. The molecule has 0 saturated carbocycles. The predicted molar refractivity (Wildman–Crippen MR) is 143 cm³/mol. The molecular weight excluding hydrogens is 478 g/mol. The number of carbonyl (C=O) groups is 1. The van der Waals surface area contributed by atoms with Crippen LogP contribution in [0.15, 0.2) is 84.9 Å². The van der Waals surface area contributed by atoms with E-state index in [1.54, 1.807) is 6.92 Å². The minimum atomic E-state index is -0.666. The van der Waals surface area contributed by atoms with Gasteiger partial charge < -0.3 is 19.7 Å². The number of carbonyl (C=O) groups excluding carboxylic acids is 1. The van der Waals surface area contributed by atoms with Gasteiger partial charge in [0.2, 0.25) is 0 Å². The molecule has 36 heavy (non-hydrogen) atoms. The maximum absolute atomic E-state index is 11.5. The molecule has 7 heteroatoms. The lowest BCUT2D eigenvalue weighted by molar-refractivity contribution is -0.145. The zero-order valence-electron chi connectivity index (χ0n) is 20.8. The molecule has 0 fully saturated rings. The number of hydrogen-bond acceptors (Lipinski definition) is 6. The number of nitrogens with zero attached hydrogens (tertiary/aromatic N) is 1. The maximum Gasteiger partial charge on any atom is 0.344 e. The quantitative estimate of drug-likeness (QED) is 0.321. The van der Waals surface area contributed by atoms with Gasteiger partial charge in [0.15, 0.2) is 6.61 Å². The van der Waals surface area contributed by atoms with Crippen molar-refractivity contribution in [3.05, 3.63) is 102 Å². The van der Waals surface area contributed by atoms with Gasteiger partial charge in [0, 0.05) is 19.1 Å². The third-order valence-electron chi connectivity index (χ3n) is 5.92. The van der Waals surface area contributed by atoms with E-state index >= 15 is 0 Å². The fourth-order valence-corrected chi connectivity index (χ4v) is 3.98. The van der Waals surface area contributed by atoms with Crippen molar-refractivity contribution < 1.29 is 24.5 Å². The first-order valence-electron chi connectivity index (χ1n) is 12.0. The van der Waals surface area contributed by atoms with Crippen LogP contribution in [0.2, 0.25) is 0 Å². The van der Waals surface area contributed by atoms with Crippen molar-refractivity contribution in [2.75, 3.05) is 26.3 Å². The summed E-state index contributed by atoms with van der Waals surface area (Å²) < 4.78 is 10.4. The van der Waals surface area contributed by atoms with E-state index < -0.39 is 18.2 Å². The molecule has 3 atom stereocenters. The van der Waals surface area contributed by atoms with E-state index in [0.717, 1.165) is 23.1 Å². The van der Waals surface area contributed by atoms with Crippen LogP contribution >= 0.6 is 12.4 Å². The van der Waals surface area contributed by atoms with Gasteiger partial charge in [-0.25, -0.2) is 4.79 Å². The molecule has 0 spiro atoms. The molecule has 0 bridgehead atoms. The molecule has 0 radical (unpaired) electrons. The van der Waals surface area contributed by atoms with E-state index in [4.69, 9.17) is 9.47 Å². The minimum absolute atomic E-state index is 0. The number of hydrogen-bond donors (Lipinski definition) is 2. The molecule has 0 amide bonds. The molecule has 3 rings (SSSR count). The number of aliphatic hydroxyl groups is 2. The monoisotopic (exact) mass is 513 g/mol. The summed E-state index contributed by atoms with van der Waals surface area (Å²) >= 11 is 0. The van der Waals surface area contributed by atoms with Gasteiger partial charge in [-0.2, -0.15) is 0 Å². The summed E-state index contributed by atoms with van der Waals surface area (Å²) in [4.78, 5) is 13.6. The second-order valence-electron chi connectivity index (χ2n) is 8.60. The highest BCUT2D eigenvalue weighted by Crippen LogP contribution is 2.22. The highest BCUT2D eigenvalue weighted by atomic mass is 35.5. The molecule has 2 N–H and O–H groups in total. The first kappa shape index (κ1) is 29.3. The van der Waals surface area contributed by atoms with Gasteiger partial charge in [-0.15, -0.1) is 12.4 Å². The van der Waals surface area contributed by atoms with Crippen LogP contribution in [0.3, 0.4) is 0 Å². The fourth-order valence-electron chi connectivity index (χ4n) is 3.98. The Hall–Kier alpha value is -2.90. The third-order valence-corrected chi connectivity index (χ3v) is 5.92. The highest BCUT2D eigenvalue weighted by Gasteiger charge is 2.22. The summed E-state index contributed by atoms with van der Waals surface area (Å²) in [7, 11) is 0. The van der Waals surface area contributed by atoms with E-state index in [1.807, 2.05) is 84.9 Å². The summed E-state index contributed by atoms with van der Waals surface area (Å²) in [5.74, 6) is 0.208. The first-order valence-corrected chi connectivity index (χ1v) is 12.0. The average Bonchev–Trinajstić information content (AvgIpc) is 2.89. The Bertz CT molecular complexity index is 969. The van der Waals surface area contributed by atoms with Gasteiger partial charge in [0.05, 0.1) is 18.8 Å². The number of esters is 1. The number of halogens is 1. The van der Waals surface area contributed by atoms with Crippen LogP contribution in [0.25, 0.3) is 0 Å². The molecule has 0 aliphatic rings. The number of aliphatic hydroxyl groups excluding tert-OH is 2. The lowest BCUT2D eigenvalue weighted by atomic mass is 10.0. The summed E-state index contributed by atoms with van der Waals surface area (Å²) in [6.07, 6.45) is -0.609. The van der Waals surface area contributed by atoms with Crippen LogP contribution in [0.4, 0.5) is 0 Å². The maximum atomic E-state index is 11.5. The Balaban J connectivity index is 0.00000456. The van der Waals surface area contributed by atoms with Crippen molar-refractivity contribution in [1.29, 1.82) is 0 Å². The zero-order valence-corrected chi connectivity index (χ0v) is 21.6. The predicted octanol–water partition coefficient (Wildman–Crippen LogP) is 4.75. The van der Waals surface area contributed by atoms with Gasteiger partial charge in [-0.1, -0.05) is 72.8 Å². The molecule has 0 unspecified atom stereocenters. The lowest BCUT2D eigenvalue weighted by Gasteiger charge is -2.33. The standard InChI is InChI=1S/C29H35NO5.ClH/c1-3-34-29(33)21-35-26-16-14-23(15-17-26)18-22(2)30(19-27(31)24-10-6-4-7-11-24)20-28(32)25-12-8-5-9-13-25;/h4-17,22,27-28,31-32H,3,18-21H2,1-2H3;1H/t22-,27-,28-;/m1./s1. The van der Waals surface area contributed by atoms with Crippen molar-refractivity contribution in [3.8, 4) is 5.75 Å². The van der Waals surface area contributed by atoms with Crippen LogP contribution < -0.4 is 4.74 Å². The van der Waals surface area contributed by atoms with E-state index in [-0.39, 0.29) is 25.1 Å². The van der Waals surface area contributed by atoms with Gasteiger partial charge in [0.25, 0.3) is 0 Å². The highest BCUT2D eigenvalue weighted by molar-refractivity contribution is 5.85. The minimum Gasteiger partial charge on any atom is -0.482 e. The third kappa shape index (κ3) is 9.28. The fraction of sp³-hybridized carbons (Fsp3) is 0.345. The average molecular weight is 514 g/mol. The normalized spacial score (nSPS) is 13.4. The van der Waals surface area contributed by atoms with Gasteiger partial charge in [-0.05, 0) is 49.1 Å². The molecular formula is C29H36ClNO5. The van der Waals surface area contributed by atoms with Crippen LogP contribution in [0.5, 0.6) is 5.75 Å². The van der Waals surface area contributed by atoms with Gasteiger partial charge >= 0.3 is 5.97 Å². The molecule has 0 aliphatic heterocycles. The summed E-state index contributed by atoms with van der Waals surface area (Å²) in [5, 5.41) is 21.8. The van der Waals surface area contributed by atoms with Gasteiger partial charge in [-0.3, -0.25) is 4.90 Å². The number of ether oxygens (including phenoxy) is 2. The molecule has 3 aromatic carbocycles. The second kappa shape index (κ2) is 15.3. The molecule has 0 heterocycles. The van der Waals surface area contributed by atoms with Crippen LogP contribution in [-0.2, 0) is 16.0 Å². The van der Waals surface area contributed by atoms with E-state index in [1.165, 1.54) is 0 Å². The van der Waals surface area contributed by atoms with Crippen molar-refractivity contribution in [2.24, 2.45) is 0 Å². The smallest absolute Gasteiger partial charge is 0.344 e. The molecule has 194 valence electrons. The Kier molecular flexibility index (Phi) is 12.4. The summed E-state index contributed by atoms with van der Waals surface area (Å²) in [5.41, 5.74) is 2.79. The van der Waals surface area contributed by atoms with Crippen LogP contribution in [0.1, 0.15) is 42.7 Å². The second-order valence-corrected chi connectivity index (χ2v) is 8.60. The topological polar surface area (TPSA) is 79.2 Å². The molecule has 0 aliphatic carbocycles. The molecule has 6 nitrogen and oxygen atoms in total. The lowest BCUT2D eigenvalue weighted by Crippen LogP contribution is -2.40. The Morgan fingerprint density at radius 1 is 0.833 bits per heavy atom. The van der Waals surface area contributed by atoms with Crippen LogP contribution in [-0.4, -0.2) is 53.4 Å². The summed E-state index contributed by atoms with van der Waals surface area (Å²) in [6.45, 7) is 4.86. The first-order chi connectivity index (χ1) is 17.0. The van der Waals surface area contributed by atoms with Crippen LogP contribution in [0, 0.1) is 0 Å². The Morgan fingerprint density at radius 2 is 1.33 bits per heavy atom. The zero-order chi connectivity index (χ0) is 25.0. The van der Waals surface area contributed by atoms with Crippen molar-refractivity contribution in [2.45, 2.75) is 38.5 Å². The summed E-state index contributed by atoms with van der Waals surface area (Å²) in [6, 6.07) is 26.8. The Morgan fingerprint density at radius 3 is 1.81 bits per heavy atom. The molecule has 0 saturated heterocycles. The SMILES string of the molecule is CCOC(=O)COc1ccc(C[C@@H](C)N(C[C@@H](O)c2ccccc2)C[C@@H](O)c2ccccc2)cc1.Cl. The van der Waals surface area contributed by atoms with Crippen molar-refractivity contribution in [1.82, 2.24) is 4.90 Å². The van der Waals surface area contributed by atoms with Crippen molar-refractivity contribution in [3.63, 3.8) is 0 Å². The van der Waals surface area contributed by atoms with Crippen molar-refractivity contribution >= 4 is 18.4 Å².